The molecule has 1 aromatic heterocycles. The molecule has 0 bridgehead atoms. The van der Waals surface area contributed by atoms with Crippen molar-refractivity contribution in [2.75, 3.05) is 25.6 Å². The predicted molar refractivity (Wildman–Crippen MR) is 52.4 cm³/mol. The molecule has 0 spiro atoms. The number of ether oxygens (including phenoxy) is 1. The lowest BCUT2D eigenvalue weighted by Gasteiger charge is -2.10. The van der Waals surface area contributed by atoms with Crippen LogP contribution in [0.1, 0.15) is 16.6 Å². The second-order valence-electron chi connectivity index (χ2n) is 2.51. The molecule has 1 rings (SSSR count). The summed E-state index contributed by atoms with van der Waals surface area (Å²) in [6.45, 7) is 2.90. The maximum absolute atomic E-state index is 11.1. The monoisotopic (exact) mass is 200 g/mol. The number of anilines is 1. The zero-order valence-electron chi connectivity index (χ0n) is 7.90. The van der Waals surface area contributed by atoms with Crippen LogP contribution in [0.3, 0.4) is 0 Å². The van der Waals surface area contributed by atoms with Crippen molar-refractivity contribution in [3.05, 3.63) is 11.1 Å². The summed E-state index contributed by atoms with van der Waals surface area (Å²) in [7, 11) is 3.30. The molecular weight excluding hydrogens is 188 g/mol. The Morgan fingerprint density at radius 2 is 2.46 bits per heavy atom. The van der Waals surface area contributed by atoms with Crippen molar-refractivity contribution in [3.63, 3.8) is 0 Å². The first-order valence-corrected chi connectivity index (χ1v) is 4.76. The highest BCUT2D eigenvalue weighted by Gasteiger charge is 2.11. The molecule has 1 heterocycles. The number of esters is 1. The van der Waals surface area contributed by atoms with Gasteiger partial charge in [0, 0.05) is 13.6 Å². The topological polar surface area (TPSA) is 42.4 Å². The molecule has 1 aromatic rings. The molecule has 0 amide bonds. The van der Waals surface area contributed by atoms with Crippen molar-refractivity contribution < 1.29 is 9.53 Å². The van der Waals surface area contributed by atoms with Gasteiger partial charge in [-0.2, -0.15) is 0 Å². The number of carbonyl (C=O) groups excluding carboxylic acids is 1. The standard InChI is InChI=1S/C8H12N2O2S/c1-4-10(2)8-9-5-6(13-8)7(11)12-3/h5H,4H2,1-3H3. The lowest BCUT2D eigenvalue weighted by Crippen LogP contribution is -2.14. The van der Waals surface area contributed by atoms with Gasteiger partial charge in [0.15, 0.2) is 5.13 Å². The van der Waals surface area contributed by atoms with E-state index in [4.69, 9.17) is 0 Å². The number of rotatable bonds is 3. The van der Waals surface area contributed by atoms with Crippen LogP contribution < -0.4 is 4.90 Å². The fraction of sp³-hybridized carbons (Fsp3) is 0.500. The molecule has 4 nitrogen and oxygen atoms in total. The van der Waals surface area contributed by atoms with E-state index in [1.807, 2.05) is 18.9 Å². The minimum absolute atomic E-state index is 0.326. The molecule has 13 heavy (non-hydrogen) atoms. The summed E-state index contributed by atoms with van der Waals surface area (Å²) >= 11 is 1.34. The van der Waals surface area contributed by atoms with E-state index in [9.17, 15) is 4.79 Å². The van der Waals surface area contributed by atoms with E-state index in [2.05, 4.69) is 9.72 Å². The summed E-state index contributed by atoms with van der Waals surface area (Å²) < 4.78 is 4.58. The van der Waals surface area contributed by atoms with Gasteiger partial charge in [0.2, 0.25) is 0 Å². The van der Waals surface area contributed by atoms with Crippen LogP contribution in [-0.4, -0.2) is 31.7 Å². The summed E-state index contributed by atoms with van der Waals surface area (Å²) in [4.78, 5) is 17.7. The Labute approximate surface area is 81.2 Å². The fourth-order valence-corrected chi connectivity index (χ4v) is 1.63. The van der Waals surface area contributed by atoms with Gasteiger partial charge in [0.25, 0.3) is 0 Å². The van der Waals surface area contributed by atoms with E-state index in [0.717, 1.165) is 11.7 Å². The minimum Gasteiger partial charge on any atom is -0.465 e. The number of nitrogens with zero attached hydrogens (tertiary/aromatic N) is 2. The highest BCUT2D eigenvalue weighted by atomic mass is 32.1. The third-order valence-corrected chi connectivity index (χ3v) is 2.77. The molecule has 0 unspecified atom stereocenters. The molecular formula is C8H12N2O2S. The quantitative estimate of drug-likeness (QED) is 0.691. The summed E-state index contributed by atoms with van der Waals surface area (Å²) in [5, 5.41) is 0.836. The second-order valence-corrected chi connectivity index (χ2v) is 3.52. The van der Waals surface area contributed by atoms with Crippen LogP contribution in [-0.2, 0) is 4.74 Å². The van der Waals surface area contributed by atoms with Gasteiger partial charge in [-0.25, -0.2) is 9.78 Å². The number of hydrogen-bond acceptors (Lipinski definition) is 5. The van der Waals surface area contributed by atoms with Gasteiger partial charge in [0.05, 0.1) is 13.3 Å². The summed E-state index contributed by atoms with van der Waals surface area (Å²) in [5.41, 5.74) is 0. The van der Waals surface area contributed by atoms with Crippen LogP contribution in [0.15, 0.2) is 6.20 Å². The maximum atomic E-state index is 11.1. The van der Waals surface area contributed by atoms with Gasteiger partial charge in [-0.15, -0.1) is 0 Å². The summed E-state index contributed by atoms with van der Waals surface area (Å²) in [5.74, 6) is -0.326. The average molecular weight is 200 g/mol. The lowest BCUT2D eigenvalue weighted by molar-refractivity contribution is 0.0606. The van der Waals surface area contributed by atoms with E-state index < -0.39 is 0 Å². The molecule has 0 N–H and O–H groups in total. The number of methoxy groups -OCH3 is 1. The normalized spacial score (nSPS) is 9.77. The van der Waals surface area contributed by atoms with Crippen LogP contribution in [0.25, 0.3) is 0 Å². The molecule has 5 heteroatoms. The van der Waals surface area contributed by atoms with Crippen molar-refractivity contribution in [1.29, 1.82) is 0 Å². The largest absolute Gasteiger partial charge is 0.465 e. The van der Waals surface area contributed by atoms with Gasteiger partial charge in [0.1, 0.15) is 4.88 Å². The Morgan fingerprint density at radius 1 is 1.77 bits per heavy atom. The first kappa shape index (κ1) is 9.98. The van der Waals surface area contributed by atoms with Crippen LogP contribution in [0.5, 0.6) is 0 Å². The van der Waals surface area contributed by atoms with Crippen molar-refractivity contribution in [2.24, 2.45) is 0 Å². The zero-order chi connectivity index (χ0) is 9.84. The molecule has 0 aliphatic rings. The molecule has 0 aromatic carbocycles. The summed E-state index contributed by atoms with van der Waals surface area (Å²) in [6.07, 6.45) is 1.54. The predicted octanol–water partition coefficient (Wildman–Crippen LogP) is 1.39. The van der Waals surface area contributed by atoms with Crippen molar-refractivity contribution in [1.82, 2.24) is 4.98 Å². The molecule has 0 atom stereocenters. The third-order valence-electron chi connectivity index (χ3n) is 1.68. The number of aromatic nitrogens is 1. The average Bonchev–Trinajstić information content (AvgIpc) is 2.64. The molecule has 0 radical (unpaired) electrons. The van der Waals surface area contributed by atoms with E-state index in [1.54, 1.807) is 0 Å². The van der Waals surface area contributed by atoms with Crippen LogP contribution >= 0.6 is 11.3 Å². The van der Waals surface area contributed by atoms with Crippen molar-refractivity contribution in [3.8, 4) is 0 Å². The highest BCUT2D eigenvalue weighted by molar-refractivity contribution is 7.17. The van der Waals surface area contributed by atoms with Crippen molar-refractivity contribution >= 4 is 22.4 Å². The number of carbonyl (C=O) groups is 1. The first-order valence-electron chi connectivity index (χ1n) is 3.94. The highest BCUT2D eigenvalue weighted by Crippen LogP contribution is 2.21. The van der Waals surface area contributed by atoms with Gasteiger partial charge in [-0.1, -0.05) is 11.3 Å². The van der Waals surface area contributed by atoms with E-state index in [0.29, 0.717) is 4.88 Å². The molecule has 0 aliphatic heterocycles. The van der Waals surface area contributed by atoms with Gasteiger partial charge < -0.3 is 9.64 Å². The van der Waals surface area contributed by atoms with E-state index in [-0.39, 0.29) is 5.97 Å². The second kappa shape index (κ2) is 4.23. The minimum atomic E-state index is -0.326. The maximum Gasteiger partial charge on any atom is 0.349 e. The smallest absolute Gasteiger partial charge is 0.349 e. The van der Waals surface area contributed by atoms with Crippen LogP contribution in [0, 0.1) is 0 Å². The number of thiazole rings is 1. The Bertz CT molecular complexity index is 298. The molecule has 0 fully saturated rings. The lowest BCUT2D eigenvalue weighted by atomic mass is 10.6. The Hall–Kier alpha value is -1.10. The number of hydrogen-bond donors (Lipinski definition) is 0. The Morgan fingerprint density at radius 3 is 3.00 bits per heavy atom. The first-order chi connectivity index (χ1) is 6.19. The third kappa shape index (κ3) is 2.18. The molecule has 72 valence electrons. The molecule has 0 aliphatic carbocycles. The van der Waals surface area contributed by atoms with Crippen molar-refractivity contribution in [2.45, 2.75) is 6.92 Å². The zero-order valence-corrected chi connectivity index (χ0v) is 8.72. The Kier molecular flexibility index (Phi) is 3.25. The molecule has 0 saturated carbocycles. The Balaban J connectivity index is 2.80. The van der Waals surface area contributed by atoms with Gasteiger partial charge in [-0.3, -0.25) is 0 Å². The van der Waals surface area contributed by atoms with Crippen LogP contribution in [0.4, 0.5) is 5.13 Å². The van der Waals surface area contributed by atoms with Gasteiger partial charge >= 0.3 is 5.97 Å². The van der Waals surface area contributed by atoms with Crippen LogP contribution in [0.2, 0.25) is 0 Å². The molecule has 0 saturated heterocycles. The SMILES string of the molecule is CCN(C)c1ncc(C(=O)OC)s1. The van der Waals surface area contributed by atoms with E-state index in [1.165, 1.54) is 24.6 Å². The van der Waals surface area contributed by atoms with E-state index >= 15 is 0 Å². The summed E-state index contributed by atoms with van der Waals surface area (Å²) in [6, 6.07) is 0. The van der Waals surface area contributed by atoms with Gasteiger partial charge in [-0.05, 0) is 6.92 Å². The fourth-order valence-electron chi connectivity index (χ4n) is 0.772.